The minimum atomic E-state index is 0.146. The summed E-state index contributed by atoms with van der Waals surface area (Å²) < 4.78 is 3.07. The number of thioether (sulfide) groups is 1. The first kappa shape index (κ1) is 21.4. The summed E-state index contributed by atoms with van der Waals surface area (Å²) in [6.07, 6.45) is 0. The minimum absolute atomic E-state index is 0.146. The maximum atomic E-state index is 13.1. The Labute approximate surface area is 209 Å². The van der Waals surface area contributed by atoms with Gasteiger partial charge in [-0.15, -0.1) is 0 Å². The van der Waals surface area contributed by atoms with Gasteiger partial charge < -0.3 is 9.80 Å². The second-order valence-corrected chi connectivity index (χ2v) is 10.2. The lowest BCUT2D eigenvalue weighted by molar-refractivity contribution is -0.128. The third-order valence-corrected chi connectivity index (χ3v) is 7.66. The number of aromatic nitrogens is 3. The number of imidazole rings is 1. The Morgan fingerprint density at radius 2 is 1.65 bits per heavy atom. The van der Waals surface area contributed by atoms with Gasteiger partial charge >= 0.3 is 0 Å². The van der Waals surface area contributed by atoms with Gasteiger partial charge in [-0.3, -0.25) is 9.20 Å². The van der Waals surface area contributed by atoms with Crippen molar-refractivity contribution in [2.45, 2.75) is 5.16 Å². The van der Waals surface area contributed by atoms with Crippen LogP contribution in [0.3, 0.4) is 0 Å². The Kier molecular flexibility index (Phi) is 5.63. The first-order chi connectivity index (χ1) is 16.7. The Balaban J connectivity index is 1.25. The highest BCUT2D eigenvalue weighted by molar-refractivity contribution is 9.10. The smallest absolute Gasteiger partial charge is 0.233 e. The van der Waals surface area contributed by atoms with E-state index in [-0.39, 0.29) is 5.91 Å². The average molecular weight is 532 g/mol. The van der Waals surface area contributed by atoms with Crippen LogP contribution in [0.25, 0.3) is 27.6 Å². The van der Waals surface area contributed by atoms with Gasteiger partial charge in [0.2, 0.25) is 5.91 Å². The molecule has 5 aromatic rings. The van der Waals surface area contributed by atoms with Crippen molar-refractivity contribution in [3.8, 4) is 0 Å². The van der Waals surface area contributed by atoms with Gasteiger partial charge in [0.15, 0.2) is 5.16 Å². The van der Waals surface area contributed by atoms with Crippen molar-refractivity contribution in [1.82, 2.24) is 19.3 Å². The molecule has 8 heteroatoms. The van der Waals surface area contributed by atoms with E-state index in [9.17, 15) is 4.79 Å². The Morgan fingerprint density at radius 1 is 0.882 bits per heavy atom. The highest BCUT2D eigenvalue weighted by atomic mass is 79.9. The number of anilines is 1. The van der Waals surface area contributed by atoms with Gasteiger partial charge in [0.25, 0.3) is 0 Å². The first-order valence-electron chi connectivity index (χ1n) is 11.2. The van der Waals surface area contributed by atoms with Gasteiger partial charge in [-0.1, -0.05) is 58.0 Å². The number of carbonyl (C=O) groups excluding carboxylic acids is 1. The minimum Gasteiger partial charge on any atom is -0.368 e. The van der Waals surface area contributed by atoms with Crippen molar-refractivity contribution in [2.24, 2.45) is 0 Å². The molecule has 6 nitrogen and oxygen atoms in total. The summed E-state index contributed by atoms with van der Waals surface area (Å²) in [5.41, 5.74) is 4.86. The number of amides is 1. The van der Waals surface area contributed by atoms with Crippen molar-refractivity contribution < 1.29 is 4.79 Å². The summed E-state index contributed by atoms with van der Waals surface area (Å²) in [5.74, 6) is 0.495. The molecule has 0 unspecified atom stereocenters. The summed E-state index contributed by atoms with van der Waals surface area (Å²) in [6.45, 7) is 3.16. The van der Waals surface area contributed by atoms with Gasteiger partial charge in [0.05, 0.1) is 22.3 Å². The van der Waals surface area contributed by atoms with Crippen LogP contribution in [0.1, 0.15) is 0 Å². The van der Waals surface area contributed by atoms with E-state index in [1.54, 1.807) is 0 Å². The molecular formula is C26H22BrN5OS. The van der Waals surface area contributed by atoms with Gasteiger partial charge in [-0.2, -0.15) is 0 Å². The third-order valence-electron chi connectivity index (χ3n) is 6.25. The second-order valence-electron chi connectivity index (χ2n) is 8.31. The molecule has 6 rings (SSSR count). The van der Waals surface area contributed by atoms with Crippen LogP contribution in [0.15, 0.2) is 82.4 Å². The number of piperazine rings is 1. The molecule has 1 saturated heterocycles. The Morgan fingerprint density at radius 3 is 2.47 bits per heavy atom. The Hall–Kier alpha value is -3.10. The molecule has 3 heterocycles. The third kappa shape index (κ3) is 3.91. The fourth-order valence-electron chi connectivity index (χ4n) is 4.51. The zero-order valence-electron chi connectivity index (χ0n) is 18.4. The predicted octanol–water partition coefficient (Wildman–Crippen LogP) is 5.24. The standard InChI is InChI=1S/C26H22BrN5OS/c27-18-10-11-21-20(16-18)25-28-22-8-4-5-9-23(22)32(25)26(29-21)34-17-24(33)31-14-12-30(13-15-31)19-6-2-1-3-7-19/h1-11,16H,12-15,17H2. The Bertz CT molecular complexity index is 1510. The molecule has 34 heavy (non-hydrogen) atoms. The quantitative estimate of drug-likeness (QED) is 0.234. The molecule has 0 saturated carbocycles. The fraction of sp³-hybridized carbons (Fsp3) is 0.192. The molecule has 0 N–H and O–H groups in total. The molecule has 0 aliphatic carbocycles. The number of hydrogen-bond donors (Lipinski definition) is 0. The molecule has 170 valence electrons. The number of halogens is 1. The van der Waals surface area contributed by atoms with E-state index in [0.29, 0.717) is 5.75 Å². The van der Waals surface area contributed by atoms with Crippen molar-refractivity contribution in [1.29, 1.82) is 0 Å². The normalized spacial score (nSPS) is 14.4. The maximum absolute atomic E-state index is 13.1. The fourth-order valence-corrected chi connectivity index (χ4v) is 5.78. The molecule has 2 aromatic heterocycles. The highest BCUT2D eigenvalue weighted by Gasteiger charge is 2.22. The van der Waals surface area contributed by atoms with Gasteiger partial charge in [-0.05, 0) is 42.5 Å². The van der Waals surface area contributed by atoms with Crippen LogP contribution in [0.4, 0.5) is 5.69 Å². The number of fused-ring (bicyclic) bond motifs is 5. The van der Waals surface area contributed by atoms with E-state index in [1.807, 2.05) is 41.3 Å². The second kappa shape index (κ2) is 8.92. The van der Waals surface area contributed by atoms with Crippen molar-refractivity contribution in [3.05, 3.63) is 77.3 Å². The molecule has 3 aromatic carbocycles. The maximum Gasteiger partial charge on any atom is 0.233 e. The number of rotatable bonds is 4. The zero-order valence-corrected chi connectivity index (χ0v) is 20.8. The molecule has 1 aliphatic heterocycles. The molecule has 0 bridgehead atoms. The summed E-state index contributed by atoms with van der Waals surface area (Å²) in [6, 6.07) is 24.5. The van der Waals surface area contributed by atoms with Crippen molar-refractivity contribution in [3.63, 3.8) is 0 Å². The molecule has 0 radical (unpaired) electrons. The van der Waals surface area contributed by atoms with E-state index < -0.39 is 0 Å². The molecule has 0 spiro atoms. The highest BCUT2D eigenvalue weighted by Crippen LogP contribution is 2.30. The summed E-state index contributed by atoms with van der Waals surface area (Å²) in [5, 5.41) is 1.77. The van der Waals surface area contributed by atoms with Crippen LogP contribution in [0, 0.1) is 0 Å². The summed E-state index contributed by atoms with van der Waals surface area (Å²) in [4.78, 5) is 27.2. The summed E-state index contributed by atoms with van der Waals surface area (Å²) >= 11 is 5.05. The van der Waals surface area contributed by atoms with Crippen LogP contribution >= 0.6 is 27.7 Å². The average Bonchev–Trinajstić information content (AvgIpc) is 3.28. The topological polar surface area (TPSA) is 53.7 Å². The monoisotopic (exact) mass is 531 g/mol. The van der Waals surface area contributed by atoms with Crippen LogP contribution < -0.4 is 4.90 Å². The van der Waals surface area contributed by atoms with E-state index in [0.717, 1.165) is 63.4 Å². The summed E-state index contributed by atoms with van der Waals surface area (Å²) in [7, 11) is 0. The molecule has 1 aliphatic rings. The number of nitrogens with zero attached hydrogens (tertiary/aromatic N) is 5. The van der Waals surface area contributed by atoms with Gasteiger partial charge in [0.1, 0.15) is 5.65 Å². The largest absolute Gasteiger partial charge is 0.368 e. The lowest BCUT2D eigenvalue weighted by atomic mass is 10.2. The predicted molar refractivity (Wildman–Crippen MR) is 142 cm³/mol. The number of carbonyl (C=O) groups is 1. The van der Waals surface area contributed by atoms with Crippen molar-refractivity contribution in [2.75, 3.05) is 36.8 Å². The zero-order chi connectivity index (χ0) is 23.1. The first-order valence-corrected chi connectivity index (χ1v) is 13.0. The van der Waals surface area contributed by atoms with E-state index in [4.69, 9.17) is 9.97 Å². The molecule has 1 amide bonds. The van der Waals surface area contributed by atoms with Crippen LogP contribution in [0.5, 0.6) is 0 Å². The van der Waals surface area contributed by atoms with Crippen LogP contribution in [0.2, 0.25) is 0 Å². The molecular weight excluding hydrogens is 510 g/mol. The molecule has 1 fully saturated rings. The van der Waals surface area contributed by atoms with E-state index >= 15 is 0 Å². The molecule has 0 atom stereocenters. The number of benzene rings is 3. The number of hydrogen-bond acceptors (Lipinski definition) is 5. The van der Waals surface area contributed by atoms with E-state index in [1.165, 1.54) is 17.4 Å². The SMILES string of the molecule is O=C(CSc1nc2ccc(Br)cc2c2nc3ccccc3n12)N1CCN(c2ccccc2)CC1. The van der Waals surface area contributed by atoms with E-state index in [2.05, 4.69) is 61.6 Å². The lowest BCUT2D eigenvalue weighted by Crippen LogP contribution is -2.49. The number of para-hydroxylation sites is 3. The lowest BCUT2D eigenvalue weighted by Gasteiger charge is -2.36. The van der Waals surface area contributed by atoms with Crippen LogP contribution in [-0.2, 0) is 4.79 Å². The van der Waals surface area contributed by atoms with Gasteiger partial charge in [-0.25, -0.2) is 9.97 Å². The van der Waals surface area contributed by atoms with Crippen molar-refractivity contribution >= 4 is 66.9 Å². The van der Waals surface area contributed by atoms with Gasteiger partial charge in [0, 0.05) is 41.7 Å². The van der Waals surface area contributed by atoms with Crippen LogP contribution in [-0.4, -0.2) is 57.1 Å².